The van der Waals surface area contributed by atoms with Gasteiger partial charge in [-0.25, -0.2) is 0 Å². The second-order valence-electron chi connectivity index (χ2n) is 11.5. The van der Waals surface area contributed by atoms with E-state index >= 15 is 0 Å². The van der Waals surface area contributed by atoms with Gasteiger partial charge < -0.3 is 5.11 Å². The fraction of sp³-hybridized carbons (Fsp3) is 0.731. The first kappa shape index (κ1) is 18.4. The maximum Gasteiger partial charge on any atom is 0.0653 e. The van der Waals surface area contributed by atoms with Gasteiger partial charge in [-0.2, -0.15) is 5.10 Å². The van der Waals surface area contributed by atoms with Gasteiger partial charge in [0.2, 0.25) is 0 Å². The Labute approximate surface area is 174 Å². The molecule has 4 aliphatic carbocycles. The number of aromatic nitrogens is 2. The lowest BCUT2D eigenvalue weighted by molar-refractivity contribution is -0.122. The summed E-state index contributed by atoms with van der Waals surface area (Å²) in [6, 6.07) is 7.02. The average Bonchev–Trinajstić information content (AvgIpc) is 3.31. The molecule has 0 bridgehead atoms. The van der Waals surface area contributed by atoms with Gasteiger partial charge in [-0.1, -0.05) is 26.0 Å². The van der Waals surface area contributed by atoms with Gasteiger partial charge in [-0.15, -0.1) is 0 Å². The molecule has 0 amide bonds. The van der Waals surface area contributed by atoms with Gasteiger partial charge in [0.25, 0.3) is 0 Å². The zero-order chi connectivity index (χ0) is 19.8. The van der Waals surface area contributed by atoms with Crippen LogP contribution in [0.2, 0.25) is 0 Å². The number of fused-ring (bicyclic) bond motifs is 6. The molecule has 4 saturated carbocycles. The van der Waals surface area contributed by atoms with Gasteiger partial charge in [0.15, 0.2) is 0 Å². The van der Waals surface area contributed by atoms with Crippen LogP contribution in [-0.2, 0) is 0 Å². The number of H-pyrrole nitrogens is 1. The first-order valence-electron chi connectivity index (χ1n) is 12.1. The molecule has 156 valence electrons. The van der Waals surface area contributed by atoms with E-state index in [0.717, 1.165) is 36.5 Å². The third-order valence-corrected chi connectivity index (χ3v) is 10.5. The molecule has 0 unspecified atom stereocenters. The standard InChI is InChI=1S/C26H36N2O/c1-25-11-9-19(29)14-18(25)5-6-20-22-8-7-21(26(22,2)12-10-23(20)25)16-3-4-17-15-27-28-24(17)13-16/h3-4,13,15,18-23,29H,5-12,14H2,1-2H3,(H,27,28)/t18-,19-,20-,21+,22-,23-,25-,26+/m0/s1. The number of aromatic amines is 1. The van der Waals surface area contributed by atoms with Crippen LogP contribution in [0.4, 0.5) is 0 Å². The van der Waals surface area contributed by atoms with Gasteiger partial charge in [-0.05, 0) is 110 Å². The van der Waals surface area contributed by atoms with Crippen LogP contribution in [0.1, 0.15) is 83.1 Å². The van der Waals surface area contributed by atoms with E-state index in [2.05, 4.69) is 42.2 Å². The molecule has 0 spiro atoms. The Hall–Kier alpha value is -1.35. The normalized spacial score (nSPS) is 46.9. The van der Waals surface area contributed by atoms with Gasteiger partial charge in [0, 0.05) is 5.39 Å². The molecule has 4 aliphatic rings. The number of rotatable bonds is 1. The van der Waals surface area contributed by atoms with Crippen LogP contribution in [0.25, 0.3) is 10.9 Å². The number of aliphatic hydroxyl groups is 1. The molecule has 1 aromatic heterocycles. The number of nitrogens with zero attached hydrogens (tertiary/aromatic N) is 1. The Bertz CT molecular complexity index is 920. The summed E-state index contributed by atoms with van der Waals surface area (Å²) in [5.41, 5.74) is 3.66. The van der Waals surface area contributed by atoms with E-state index in [1.54, 1.807) is 0 Å². The molecule has 2 aromatic rings. The smallest absolute Gasteiger partial charge is 0.0653 e. The van der Waals surface area contributed by atoms with Gasteiger partial charge in [0.1, 0.15) is 0 Å². The molecule has 3 heteroatoms. The van der Waals surface area contributed by atoms with Crippen LogP contribution in [0, 0.1) is 34.5 Å². The molecule has 6 rings (SSSR count). The Kier molecular flexibility index (Phi) is 4.02. The molecule has 0 saturated heterocycles. The molecule has 1 aromatic carbocycles. The largest absolute Gasteiger partial charge is 0.393 e. The fourth-order valence-electron chi connectivity index (χ4n) is 8.95. The van der Waals surface area contributed by atoms with Crippen molar-refractivity contribution in [2.24, 2.45) is 34.5 Å². The van der Waals surface area contributed by atoms with Crippen LogP contribution >= 0.6 is 0 Å². The number of aliphatic hydroxyl groups excluding tert-OH is 1. The summed E-state index contributed by atoms with van der Waals surface area (Å²) < 4.78 is 0. The molecule has 4 fully saturated rings. The summed E-state index contributed by atoms with van der Waals surface area (Å²) in [7, 11) is 0. The Balaban J connectivity index is 1.31. The van der Waals surface area contributed by atoms with Crippen molar-refractivity contribution in [3.05, 3.63) is 30.0 Å². The Morgan fingerprint density at radius 2 is 1.79 bits per heavy atom. The molecular formula is C26H36N2O. The van der Waals surface area contributed by atoms with Crippen molar-refractivity contribution >= 4 is 10.9 Å². The lowest BCUT2D eigenvalue weighted by Gasteiger charge is -2.61. The maximum absolute atomic E-state index is 10.3. The topological polar surface area (TPSA) is 48.9 Å². The summed E-state index contributed by atoms with van der Waals surface area (Å²) in [5.74, 6) is 4.14. The van der Waals surface area contributed by atoms with E-state index in [4.69, 9.17) is 0 Å². The molecule has 1 heterocycles. The van der Waals surface area contributed by atoms with E-state index < -0.39 is 0 Å². The van der Waals surface area contributed by atoms with Crippen molar-refractivity contribution in [2.45, 2.75) is 83.7 Å². The minimum atomic E-state index is -0.0354. The second-order valence-corrected chi connectivity index (χ2v) is 11.5. The molecule has 0 radical (unpaired) electrons. The highest BCUT2D eigenvalue weighted by molar-refractivity contribution is 5.78. The number of nitrogens with one attached hydrogen (secondary N) is 1. The highest BCUT2D eigenvalue weighted by Crippen LogP contribution is 2.69. The summed E-state index contributed by atoms with van der Waals surface area (Å²) in [4.78, 5) is 0. The van der Waals surface area contributed by atoms with Crippen molar-refractivity contribution in [1.82, 2.24) is 10.2 Å². The third kappa shape index (κ3) is 2.55. The predicted molar refractivity (Wildman–Crippen MR) is 117 cm³/mol. The minimum Gasteiger partial charge on any atom is -0.393 e. The molecule has 2 N–H and O–H groups in total. The minimum absolute atomic E-state index is 0.0354. The van der Waals surface area contributed by atoms with Crippen LogP contribution in [-0.4, -0.2) is 21.4 Å². The predicted octanol–water partition coefficient (Wildman–Crippen LogP) is 6.05. The average molecular weight is 393 g/mol. The summed E-state index contributed by atoms with van der Waals surface area (Å²) in [6.07, 6.45) is 13.6. The quantitative estimate of drug-likeness (QED) is 0.620. The third-order valence-electron chi connectivity index (χ3n) is 10.5. The summed E-state index contributed by atoms with van der Waals surface area (Å²) >= 11 is 0. The molecule has 8 atom stereocenters. The molecule has 3 nitrogen and oxygen atoms in total. The first-order chi connectivity index (χ1) is 14.0. The highest BCUT2D eigenvalue weighted by atomic mass is 16.3. The van der Waals surface area contributed by atoms with Crippen LogP contribution in [0.3, 0.4) is 0 Å². The number of hydrogen-bond acceptors (Lipinski definition) is 2. The molecular weight excluding hydrogens is 356 g/mol. The van der Waals surface area contributed by atoms with E-state index in [1.165, 1.54) is 61.4 Å². The molecule has 0 aliphatic heterocycles. The summed E-state index contributed by atoms with van der Waals surface area (Å²) in [6.45, 7) is 5.23. The lowest BCUT2D eigenvalue weighted by Crippen LogP contribution is -2.53. The van der Waals surface area contributed by atoms with Crippen molar-refractivity contribution in [2.75, 3.05) is 0 Å². The van der Waals surface area contributed by atoms with Crippen molar-refractivity contribution in [3.8, 4) is 0 Å². The number of hydrogen-bond donors (Lipinski definition) is 2. The lowest BCUT2D eigenvalue weighted by atomic mass is 9.44. The van der Waals surface area contributed by atoms with Crippen molar-refractivity contribution in [1.29, 1.82) is 0 Å². The van der Waals surface area contributed by atoms with Gasteiger partial charge >= 0.3 is 0 Å². The zero-order valence-electron chi connectivity index (χ0n) is 18.0. The monoisotopic (exact) mass is 392 g/mol. The summed E-state index contributed by atoms with van der Waals surface area (Å²) in [5, 5.41) is 18.9. The maximum atomic E-state index is 10.3. The second kappa shape index (κ2) is 6.33. The van der Waals surface area contributed by atoms with E-state index in [1.807, 2.05) is 6.20 Å². The Morgan fingerprint density at radius 3 is 2.69 bits per heavy atom. The Morgan fingerprint density at radius 1 is 0.966 bits per heavy atom. The zero-order valence-corrected chi connectivity index (χ0v) is 18.0. The van der Waals surface area contributed by atoms with Crippen molar-refractivity contribution < 1.29 is 5.11 Å². The number of benzene rings is 1. The van der Waals surface area contributed by atoms with E-state index in [0.29, 0.717) is 16.7 Å². The van der Waals surface area contributed by atoms with Crippen LogP contribution in [0.5, 0.6) is 0 Å². The van der Waals surface area contributed by atoms with E-state index in [-0.39, 0.29) is 6.10 Å². The SMILES string of the molecule is C[C@]12CC[C@H](O)C[C@@H]1CC[C@@H]1[C@@H]2CC[C@]2(C)[C@@H](c3ccc4cn[nH]c4c3)CC[C@@H]12. The van der Waals surface area contributed by atoms with Crippen molar-refractivity contribution in [3.63, 3.8) is 0 Å². The fourth-order valence-corrected chi connectivity index (χ4v) is 8.95. The van der Waals surface area contributed by atoms with Gasteiger partial charge in [0.05, 0.1) is 17.8 Å². The molecule has 29 heavy (non-hydrogen) atoms. The van der Waals surface area contributed by atoms with E-state index in [9.17, 15) is 5.11 Å². The first-order valence-corrected chi connectivity index (χ1v) is 12.1. The van der Waals surface area contributed by atoms with Gasteiger partial charge in [-0.3, -0.25) is 5.10 Å². The van der Waals surface area contributed by atoms with Crippen LogP contribution < -0.4 is 0 Å². The highest BCUT2D eigenvalue weighted by Gasteiger charge is 2.60. The van der Waals surface area contributed by atoms with Crippen LogP contribution in [0.15, 0.2) is 24.4 Å².